The van der Waals surface area contributed by atoms with E-state index in [1.807, 2.05) is 0 Å². The van der Waals surface area contributed by atoms with E-state index >= 15 is 0 Å². The quantitative estimate of drug-likeness (QED) is 0.713. The number of esters is 1. The third-order valence-electron chi connectivity index (χ3n) is 3.45. The van der Waals surface area contributed by atoms with Gasteiger partial charge in [-0.3, -0.25) is 9.59 Å². The molecule has 0 unspecified atom stereocenters. The first-order chi connectivity index (χ1) is 7.75. The van der Waals surface area contributed by atoms with E-state index in [0.717, 1.165) is 38.8 Å². The number of rotatable bonds is 2. The molecule has 1 aliphatic carbocycles. The van der Waals surface area contributed by atoms with Crippen molar-refractivity contribution >= 4 is 11.8 Å². The van der Waals surface area contributed by atoms with Crippen LogP contribution in [0.1, 0.15) is 38.5 Å². The molecule has 0 aromatic carbocycles. The fourth-order valence-corrected chi connectivity index (χ4v) is 2.35. The number of nitrogens with one attached hydrogen (secondary N) is 1. The van der Waals surface area contributed by atoms with Crippen LogP contribution in [-0.4, -0.2) is 30.9 Å². The van der Waals surface area contributed by atoms with Gasteiger partial charge in [0.15, 0.2) is 0 Å². The van der Waals surface area contributed by atoms with Gasteiger partial charge in [-0.1, -0.05) is 0 Å². The predicted molar refractivity (Wildman–Crippen MR) is 58.9 cm³/mol. The van der Waals surface area contributed by atoms with E-state index in [0.29, 0.717) is 18.6 Å². The van der Waals surface area contributed by atoms with Crippen molar-refractivity contribution in [1.82, 2.24) is 5.32 Å². The van der Waals surface area contributed by atoms with E-state index in [-0.39, 0.29) is 18.0 Å². The maximum Gasteiger partial charge on any atom is 0.309 e. The molecule has 1 aliphatic heterocycles. The summed E-state index contributed by atoms with van der Waals surface area (Å²) in [5.74, 6) is 0.314. The van der Waals surface area contributed by atoms with Gasteiger partial charge in [0.1, 0.15) is 11.9 Å². The molecule has 0 aromatic heterocycles. The van der Waals surface area contributed by atoms with Crippen molar-refractivity contribution in [2.45, 2.75) is 44.6 Å². The number of piperidine rings is 1. The fourth-order valence-electron chi connectivity index (χ4n) is 2.35. The minimum absolute atomic E-state index is 0.0138. The van der Waals surface area contributed by atoms with Crippen molar-refractivity contribution in [2.75, 3.05) is 13.1 Å². The summed E-state index contributed by atoms with van der Waals surface area (Å²) in [6, 6.07) is 0. The summed E-state index contributed by atoms with van der Waals surface area (Å²) < 4.78 is 5.46. The van der Waals surface area contributed by atoms with Gasteiger partial charge >= 0.3 is 5.97 Å². The first kappa shape index (κ1) is 11.6. The molecular weight excluding hydrogens is 206 g/mol. The number of Topliss-reactive ketones (excluding diaryl/α,β-unsaturated/α-hetero) is 1. The zero-order valence-corrected chi connectivity index (χ0v) is 9.54. The molecule has 0 atom stereocenters. The molecule has 2 aliphatic rings. The van der Waals surface area contributed by atoms with Crippen molar-refractivity contribution in [2.24, 2.45) is 5.92 Å². The zero-order chi connectivity index (χ0) is 11.4. The smallest absolute Gasteiger partial charge is 0.309 e. The Balaban J connectivity index is 1.75. The molecule has 1 heterocycles. The molecule has 16 heavy (non-hydrogen) atoms. The van der Waals surface area contributed by atoms with Crippen LogP contribution in [0, 0.1) is 5.92 Å². The van der Waals surface area contributed by atoms with E-state index in [2.05, 4.69) is 5.32 Å². The van der Waals surface area contributed by atoms with Crippen LogP contribution in [0.4, 0.5) is 0 Å². The second kappa shape index (κ2) is 5.43. The summed E-state index contributed by atoms with van der Waals surface area (Å²) in [6.07, 6.45) is 4.33. The van der Waals surface area contributed by atoms with Gasteiger partial charge < -0.3 is 10.1 Å². The minimum atomic E-state index is -0.0548. The Bertz CT molecular complexity index is 261. The third-order valence-corrected chi connectivity index (χ3v) is 3.45. The molecular formula is C12H19NO3. The second-order valence-corrected chi connectivity index (χ2v) is 4.70. The Morgan fingerprint density at radius 3 is 2.38 bits per heavy atom. The molecule has 0 bridgehead atoms. The van der Waals surface area contributed by atoms with Crippen LogP contribution >= 0.6 is 0 Å². The lowest BCUT2D eigenvalue weighted by atomic mass is 9.95. The SMILES string of the molecule is O=C1CCC(OC(=O)C2CCNCC2)CC1. The van der Waals surface area contributed by atoms with Crippen LogP contribution in [-0.2, 0) is 14.3 Å². The van der Waals surface area contributed by atoms with Gasteiger partial charge in [0, 0.05) is 12.8 Å². The number of ketones is 1. The summed E-state index contributed by atoms with van der Waals surface area (Å²) in [5.41, 5.74) is 0. The van der Waals surface area contributed by atoms with Crippen LogP contribution in [0.5, 0.6) is 0 Å². The van der Waals surface area contributed by atoms with Crippen LogP contribution in [0.2, 0.25) is 0 Å². The maximum atomic E-state index is 11.8. The highest BCUT2D eigenvalue weighted by molar-refractivity contribution is 5.79. The van der Waals surface area contributed by atoms with E-state index < -0.39 is 0 Å². The zero-order valence-electron chi connectivity index (χ0n) is 9.54. The minimum Gasteiger partial charge on any atom is -0.462 e. The number of carbonyl (C=O) groups is 2. The van der Waals surface area contributed by atoms with Crippen LogP contribution in [0.15, 0.2) is 0 Å². The Morgan fingerprint density at radius 2 is 1.75 bits per heavy atom. The molecule has 1 N–H and O–H groups in total. The van der Waals surface area contributed by atoms with Gasteiger partial charge in [-0.2, -0.15) is 0 Å². The van der Waals surface area contributed by atoms with E-state index in [1.165, 1.54) is 0 Å². The van der Waals surface area contributed by atoms with Crippen LogP contribution in [0.25, 0.3) is 0 Å². The molecule has 2 rings (SSSR count). The maximum absolute atomic E-state index is 11.8. The van der Waals surface area contributed by atoms with E-state index in [9.17, 15) is 9.59 Å². The fraction of sp³-hybridized carbons (Fsp3) is 0.833. The van der Waals surface area contributed by atoms with Gasteiger partial charge in [-0.05, 0) is 38.8 Å². The molecule has 90 valence electrons. The van der Waals surface area contributed by atoms with E-state index in [1.54, 1.807) is 0 Å². The molecule has 0 radical (unpaired) electrons. The molecule has 1 saturated carbocycles. The average Bonchev–Trinajstić information content (AvgIpc) is 2.33. The van der Waals surface area contributed by atoms with E-state index in [4.69, 9.17) is 4.74 Å². The lowest BCUT2D eigenvalue weighted by Crippen LogP contribution is -2.35. The number of hydrogen-bond donors (Lipinski definition) is 1. The van der Waals surface area contributed by atoms with Crippen LogP contribution in [0.3, 0.4) is 0 Å². The van der Waals surface area contributed by atoms with Crippen molar-refractivity contribution in [3.05, 3.63) is 0 Å². The van der Waals surface area contributed by atoms with Gasteiger partial charge in [0.25, 0.3) is 0 Å². The number of hydrogen-bond acceptors (Lipinski definition) is 4. The van der Waals surface area contributed by atoms with Gasteiger partial charge in [-0.15, -0.1) is 0 Å². The van der Waals surface area contributed by atoms with Crippen molar-refractivity contribution in [3.63, 3.8) is 0 Å². The Kier molecular flexibility index (Phi) is 3.93. The molecule has 0 amide bonds. The standard InChI is InChI=1S/C12H19NO3/c14-10-1-3-11(4-2-10)16-12(15)9-5-7-13-8-6-9/h9,11,13H,1-8H2. The highest BCUT2D eigenvalue weighted by Gasteiger charge is 2.27. The number of ether oxygens (including phenoxy) is 1. The third kappa shape index (κ3) is 3.04. The summed E-state index contributed by atoms with van der Waals surface area (Å²) in [7, 11) is 0. The van der Waals surface area contributed by atoms with Gasteiger partial charge in [0.2, 0.25) is 0 Å². The monoisotopic (exact) mass is 225 g/mol. The lowest BCUT2D eigenvalue weighted by molar-refractivity contribution is -0.157. The Hall–Kier alpha value is -0.900. The molecule has 4 nitrogen and oxygen atoms in total. The second-order valence-electron chi connectivity index (χ2n) is 4.70. The van der Waals surface area contributed by atoms with Crippen molar-refractivity contribution < 1.29 is 14.3 Å². The molecule has 4 heteroatoms. The highest BCUT2D eigenvalue weighted by Crippen LogP contribution is 2.21. The number of carbonyl (C=O) groups excluding carboxylic acids is 2. The van der Waals surface area contributed by atoms with Gasteiger partial charge in [0.05, 0.1) is 5.92 Å². The van der Waals surface area contributed by atoms with Gasteiger partial charge in [-0.25, -0.2) is 0 Å². The lowest BCUT2D eigenvalue weighted by Gasteiger charge is -2.26. The largest absolute Gasteiger partial charge is 0.462 e. The topological polar surface area (TPSA) is 55.4 Å². The average molecular weight is 225 g/mol. The van der Waals surface area contributed by atoms with Crippen LogP contribution < -0.4 is 5.32 Å². The predicted octanol–water partition coefficient (Wildman–Crippen LogP) is 1.04. The van der Waals surface area contributed by atoms with Crippen molar-refractivity contribution in [1.29, 1.82) is 0 Å². The highest BCUT2D eigenvalue weighted by atomic mass is 16.5. The summed E-state index contributed by atoms with van der Waals surface area (Å²) in [5, 5.41) is 3.23. The summed E-state index contributed by atoms with van der Waals surface area (Å²) in [4.78, 5) is 22.9. The molecule has 0 aromatic rings. The summed E-state index contributed by atoms with van der Waals surface area (Å²) in [6.45, 7) is 1.81. The first-order valence-corrected chi connectivity index (χ1v) is 6.18. The van der Waals surface area contributed by atoms with Crippen molar-refractivity contribution in [3.8, 4) is 0 Å². The normalized spacial score (nSPS) is 24.4. The Morgan fingerprint density at radius 1 is 1.12 bits per heavy atom. The molecule has 1 saturated heterocycles. The summed E-state index contributed by atoms with van der Waals surface area (Å²) >= 11 is 0. The molecule has 0 spiro atoms. The molecule has 2 fully saturated rings. The first-order valence-electron chi connectivity index (χ1n) is 6.18. The Labute approximate surface area is 95.7 Å².